The van der Waals surface area contributed by atoms with Crippen molar-refractivity contribution in [3.63, 3.8) is 0 Å². The molecule has 0 aliphatic heterocycles. The Kier molecular flexibility index (Phi) is 2.29. The lowest BCUT2D eigenvalue weighted by Gasteiger charge is -1.89. The van der Waals surface area contributed by atoms with Gasteiger partial charge in [0, 0.05) is 5.38 Å². The molecule has 0 N–H and O–H groups in total. The van der Waals surface area contributed by atoms with Crippen LogP contribution in [0.3, 0.4) is 0 Å². The van der Waals surface area contributed by atoms with E-state index in [1.807, 2.05) is 0 Å². The summed E-state index contributed by atoms with van der Waals surface area (Å²) in [5.41, 5.74) is -0.133. The molecule has 1 rings (SSSR count). The number of aromatic nitrogens is 1. The number of allylic oxidation sites excluding steroid dienone is 1. The Bertz CT molecular complexity index is 288. The Morgan fingerprint density at radius 1 is 1.90 bits per heavy atom. The Morgan fingerprint density at radius 3 is 3.00 bits per heavy atom. The molecule has 1 aromatic heterocycles. The number of rotatable bonds is 2. The molecule has 0 saturated heterocycles. The van der Waals surface area contributed by atoms with Crippen molar-refractivity contribution in [3.8, 4) is 0 Å². The lowest BCUT2D eigenvalue weighted by molar-refractivity contribution is 0.879. The number of hydrogen-bond donors (Lipinski definition) is 0. The second-order valence-corrected chi connectivity index (χ2v) is 3.02. The van der Waals surface area contributed by atoms with Gasteiger partial charge >= 0.3 is 0 Å². The third kappa shape index (κ3) is 1.30. The fourth-order valence-corrected chi connectivity index (χ4v) is 1.55. The minimum Gasteiger partial charge on any atom is -0.267 e. The van der Waals surface area contributed by atoms with Gasteiger partial charge < -0.3 is 0 Å². The zero-order valence-corrected chi connectivity index (χ0v) is 6.78. The van der Waals surface area contributed by atoms with Crippen LogP contribution in [0.1, 0.15) is 0 Å². The van der Waals surface area contributed by atoms with Gasteiger partial charge in [-0.25, -0.2) is 0 Å². The van der Waals surface area contributed by atoms with Gasteiger partial charge in [0.05, 0.1) is 6.54 Å². The normalized spacial score (nSPS) is 9.70. The summed E-state index contributed by atoms with van der Waals surface area (Å²) in [6.45, 7) is 4.05. The number of nitrogens with zero attached hydrogens (tertiary/aromatic N) is 1. The number of halogens is 1. The maximum absolute atomic E-state index is 11.0. The molecule has 1 heterocycles. The van der Waals surface area contributed by atoms with Gasteiger partial charge in [0.2, 0.25) is 0 Å². The van der Waals surface area contributed by atoms with E-state index < -0.39 is 0 Å². The van der Waals surface area contributed by atoms with Gasteiger partial charge in [0.1, 0.15) is 5.02 Å². The predicted octanol–water partition coefficient (Wildman–Crippen LogP) is 1.75. The van der Waals surface area contributed by atoms with Crippen molar-refractivity contribution in [2.24, 2.45) is 0 Å². The molecule has 0 aromatic carbocycles. The SMILES string of the molecule is C=CCn1scc(Cl)c1=O. The Hall–Kier alpha value is -0.540. The smallest absolute Gasteiger partial charge is 0.267 e. The van der Waals surface area contributed by atoms with E-state index in [0.29, 0.717) is 6.54 Å². The average molecular weight is 176 g/mol. The Labute approximate surface area is 67.5 Å². The molecule has 0 aliphatic carbocycles. The van der Waals surface area contributed by atoms with E-state index in [-0.39, 0.29) is 10.6 Å². The van der Waals surface area contributed by atoms with E-state index in [4.69, 9.17) is 11.6 Å². The van der Waals surface area contributed by atoms with Crippen molar-refractivity contribution >= 4 is 23.1 Å². The van der Waals surface area contributed by atoms with E-state index in [1.165, 1.54) is 15.5 Å². The van der Waals surface area contributed by atoms with Gasteiger partial charge in [-0.05, 0) is 0 Å². The molecule has 0 bridgehead atoms. The van der Waals surface area contributed by atoms with E-state index in [9.17, 15) is 4.79 Å². The first-order valence-corrected chi connectivity index (χ1v) is 3.92. The van der Waals surface area contributed by atoms with E-state index in [2.05, 4.69) is 6.58 Å². The van der Waals surface area contributed by atoms with Crippen LogP contribution < -0.4 is 5.56 Å². The highest BCUT2D eigenvalue weighted by atomic mass is 35.5. The molecule has 2 nitrogen and oxygen atoms in total. The summed E-state index contributed by atoms with van der Waals surface area (Å²) in [5, 5.41) is 1.90. The highest BCUT2D eigenvalue weighted by Gasteiger charge is 2.00. The van der Waals surface area contributed by atoms with Gasteiger partial charge in [0.25, 0.3) is 5.56 Å². The third-order valence-corrected chi connectivity index (χ3v) is 2.32. The molecule has 0 fully saturated rings. The summed E-state index contributed by atoms with van der Waals surface area (Å²) >= 11 is 6.81. The first kappa shape index (κ1) is 7.57. The molecule has 0 radical (unpaired) electrons. The first-order chi connectivity index (χ1) is 4.75. The standard InChI is InChI=1S/C6H6ClNOS/c1-2-3-8-6(9)5(7)4-10-8/h2,4H,1,3H2. The molecular formula is C6H6ClNOS. The molecule has 0 spiro atoms. The summed E-state index contributed by atoms with van der Waals surface area (Å²) in [4.78, 5) is 11.0. The molecule has 0 atom stereocenters. The summed E-state index contributed by atoms with van der Waals surface area (Å²) in [7, 11) is 0. The second kappa shape index (κ2) is 3.03. The maximum Gasteiger partial charge on any atom is 0.279 e. The topological polar surface area (TPSA) is 22.0 Å². The Morgan fingerprint density at radius 2 is 2.60 bits per heavy atom. The summed E-state index contributed by atoms with van der Waals surface area (Å²) in [6, 6.07) is 0. The van der Waals surface area contributed by atoms with Gasteiger partial charge in [-0.3, -0.25) is 8.75 Å². The van der Waals surface area contributed by atoms with Crippen molar-refractivity contribution in [1.82, 2.24) is 3.96 Å². The summed E-state index contributed by atoms with van der Waals surface area (Å²) in [6.07, 6.45) is 1.66. The molecule has 0 aliphatic rings. The fourth-order valence-electron chi connectivity index (χ4n) is 0.570. The van der Waals surface area contributed by atoms with Gasteiger partial charge in [-0.1, -0.05) is 29.2 Å². The lowest BCUT2D eigenvalue weighted by atomic mass is 10.6. The van der Waals surface area contributed by atoms with Crippen LogP contribution in [0.25, 0.3) is 0 Å². The highest BCUT2D eigenvalue weighted by Crippen LogP contribution is 2.05. The lowest BCUT2D eigenvalue weighted by Crippen LogP contribution is -2.11. The first-order valence-electron chi connectivity index (χ1n) is 2.71. The van der Waals surface area contributed by atoms with Crippen molar-refractivity contribution in [2.75, 3.05) is 0 Å². The molecule has 1 aromatic rings. The number of hydrogen-bond acceptors (Lipinski definition) is 2. The maximum atomic E-state index is 11.0. The van der Waals surface area contributed by atoms with E-state index in [0.717, 1.165) is 0 Å². The summed E-state index contributed by atoms with van der Waals surface area (Å²) < 4.78 is 1.54. The van der Waals surface area contributed by atoms with Crippen molar-refractivity contribution < 1.29 is 0 Å². The van der Waals surface area contributed by atoms with Gasteiger partial charge in [-0.15, -0.1) is 6.58 Å². The molecular weight excluding hydrogens is 170 g/mol. The second-order valence-electron chi connectivity index (χ2n) is 1.73. The minimum atomic E-state index is -0.133. The average Bonchev–Trinajstić information content (AvgIpc) is 2.20. The van der Waals surface area contributed by atoms with Crippen LogP contribution in [0, 0.1) is 0 Å². The van der Waals surface area contributed by atoms with Crippen LogP contribution >= 0.6 is 23.1 Å². The molecule has 0 amide bonds. The summed E-state index contributed by atoms with van der Waals surface area (Å²) in [5.74, 6) is 0. The van der Waals surface area contributed by atoms with Crippen molar-refractivity contribution in [1.29, 1.82) is 0 Å². The van der Waals surface area contributed by atoms with Crippen LogP contribution in [0.15, 0.2) is 22.8 Å². The van der Waals surface area contributed by atoms with Gasteiger partial charge in [0.15, 0.2) is 0 Å². The van der Waals surface area contributed by atoms with Crippen molar-refractivity contribution in [2.45, 2.75) is 6.54 Å². The molecule has 0 unspecified atom stereocenters. The van der Waals surface area contributed by atoms with Crippen LogP contribution in [-0.2, 0) is 6.54 Å². The molecule has 4 heteroatoms. The molecule has 10 heavy (non-hydrogen) atoms. The van der Waals surface area contributed by atoms with Crippen LogP contribution in [0.5, 0.6) is 0 Å². The largest absolute Gasteiger partial charge is 0.279 e. The van der Waals surface area contributed by atoms with E-state index in [1.54, 1.807) is 11.5 Å². The fraction of sp³-hybridized carbons (Fsp3) is 0.167. The predicted molar refractivity (Wildman–Crippen MR) is 43.8 cm³/mol. The third-order valence-electron chi connectivity index (χ3n) is 1.01. The Balaban J connectivity index is 3.05. The molecule has 0 saturated carbocycles. The highest BCUT2D eigenvalue weighted by molar-refractivity contribution is 7.04. The zero-order valence-electron chi connectivity index (χ0n) is 5.21. The van der Waals surface area contributed by atoms with Crippen LogP contribution in [-0.4, -0.2) is 3.96 Å². The molecule has 54 valence electrons. The van der Waals surface area contributed by atoms with Gasteiger partial charge in [-0.2, -0.15) is 0 Å². The minimum absolute atomic E-state index is 0.133. The van der Waals surface area contributed by atoms with Crippen molar-refractivity contribution in [3.05, 3.63) is 33.4 Å². The quantitative estimate of drug-likeness (QED) is 0.628. The zero-order chi connectivity index (χ0) is 7.56. The monoisotopic (exact) mass is 175 g/mol. The van der Waals surface area contributed by atoms with E-state index >= 15 is 0 Å². The van der Waals surface area contributed by atoms with Crippen LogP contribution in [0.2, 0.25) is 5.02 Å². The van der Waals surface area contributed by atoms with Crippen LogP contribution in [0.4, 0.5) is 0 Å².